The maximum absolute atomic E-state index is 5.80. The summed E-state index contributed by atoms with van der Waals surface area (Å²) >= 11 is 0. The normalized spacial score (nSPS) is 12.2. The minimum absolute atomic E-state index is 0.0259. The van der Waals surface area contributed by atoms with Gasteiger partial charge in [-0.15, -0.1) is 0 Å². The van der Waals surface area contributed by atoms with Gasteiger partial charge in [0, 0.05) is 19.8 Å². The lowest BCUT2D eigenvalue weighted by Gasteiger charge is -2.19. The smallest absolute Gasteiger partial charge is 0.0710 e. The van der Waals surface area contributed by atoms with Gasteiger partial charge in [-0.05, 0) is 35.2 Å². The molecule has 2 aromatic rings. The first kappa shape index (κ1) is 15.5. The van der Waals surface area contributed by atoms with Gasteiger partial charge in [0.05, 0.1) is 6.04 Å². The van der Waals surface area contributed by atoms with Crippen LogP contribution in [0.25, 0.3) is 0 Å². The molecule has 0 aliphatic carbocycles. The Balaban J connectivity index is 2.28. The Morgan fingerprint density at radius 3 is 2.33 bits per heavy atom. The fourth-order valence-corrected chi connectivity index (χ4v) is 2.57. The summed E-state index contributed by atoms with van der Waals surface area (Å²) in [7, 11) is 4.09. The molecule has 0 aliphatic rings. The lowest BCUT2D eigenvalue weighted by molar-refractivity contribution is 0.636. The number of rotatable bonds is 6. The van der Waals surface area contributed by atoms with E-state index in [0.717, 1.165) is 12.8 Å². The van der Waals surface area contributed by atoms with Crippen LogP contribution in [-0.4, -0.2) is 14.1 Å². The standard InChI is InChI=1S/C18H25N3/c1-4-6-14-7-5-8-16(13-14)18(20-19)15-9-11-17(12-10-15)21(2)3/h5,7-13,18,20H,4,6,19H2,1-3H3. The topological polar surface area (TPSA) is 41.3 Å². The van der Waals surface area contributed by atoms with Crippen LogP contribution in [-0.2, 0) is 6.42 Å². The highest BCUT2D eigenvalue weighted by Crippen LogP contribution is 2.24. The predicted molar refractivity (Wildman–Crippen MR) is 90.4 cm³/mol. The molecule has 0 saturated carbocycles. The number of aryl methyl sites for hydroxylation is 1. The van der Waals surface area contributed by atoms with Crippen LogP contribution in [0.15, 0.2) is 48.5 Å². The Morgan fingerprint density at radius 1 is 1.05 bits per heavy atom. The summed E-state index contributed by atoms with van der Waals surface area (Å²) in [6.07, 6.45) is 2.26. The van der Waals surface area contributed by atoms with Gasteiger partial charge in [-0.3, -0.25) is 5.84 Å². The van der Waals surface area contributed by atoms with Crippen molar-refractivity contribution in [3.63, 3.8) is 0 Å². The van der Waals surface area contributed by atoms with Gasteiger partial charge in [0.1, 0.15) is 0 Å². The average molecular weight is 283 g/mol. The summed E-state index contributed by atoms with van der Waals surface area (Å²) < 4.78 is 0. The van der Waals surface area contributed by atoms with E-state index < -0.39 is 0 Å². The molecule has 0 fully saturated rings. The quantitative estimate of drug-likeness (QED) is 0.631. The fraction of sp³-hybridized carbons (Fsp3) is 0.333. The number of nitrogens with two attached hydrogens (primary N) is 1. The summed E-state index contributed by atoms with van der Waals surface area (Å²) in [6.45, 7) is 2.20. The number of benzene rings is 2. The van der Waals surface area contributed by atoms with Gasteiger partial charge in [0.25, 0.3) is 0 Å². The number of hydrogen-bond donors (Lipinski definition) is 2. The van der Waals surface area contributed by atoms with E-state index in [1.807, 2.05) is 14.1 Å². The van der Waals surface area contributed by atoms with Gasteiger partial charge in [-0.1, -0.05) is 49.7 Å². The molecule has 0 spiro atoms. The summed E-state index contributed by atoms with van der Waals surface area (Å²) in [5.74, 6) is 5.80. The van der Waals surface area contributed by atoms with Crippen molar-refractivity contribution in [3.05, 3.63) is 65.2 Å². The zero-order valence-corrected chi connectivity index (χ0v) is 13.1. The molecule has 0 heterocycles. The van der Waals surface area contributed by atoms with Gasteiger partial charge < -0.3 is 4.90 Å². The van der Waals surface area contributed by atoms with Crippen molar-refractivity contribution in [1.82, 2.24) is 5.43 Å². The van der Waals surface area contributed by atoms with Crippen LogP contribution in [0.4, 0.5) is 5.69 Å². The highest BCUT2D eigenvalue weighted by Gasteiger charge is 2.12. The van der Waals surface area contributed by atoms with E-state index >= 15 is 0 Å². The van der Waals surface area contributed by atoms with Gasteiger partial charge >= 0.3 is 0 Å². The molecular formula is C18H25N3. The fourth-order valence-electron chi connectivity index (χ4n) is 2.57. The lowest BCUT2D eigenvalue weighted by Crippen LogP contribution is -2.28. The zero-order valence-electron chi connectivity index (χ0n) is 13.1. The molecule has 112 valence electrons. The second-order valence-electron chi connectivity index (χ2n) is 5.58. The molecule has 21 heavy (non-hydrogen) atoms. The van der Waals surface area contributed by atoms with Crippen LogP contribution in [0.5, 0.6) is 0 Å². The number of hydrogen-bond acceptors (Lipinski definition) is 3. The molecule has 3 heteroatoms. The SMILES string of the molecule is CCCc1cccc(C(NN)c2ccc(N(C)C)cc2)c1. The van der Waals surface area contributed by atoms with Crippen LogP contribution in [0.2, 0.25) is 0 Å². The van der Waals surface area contributed by atoms with Gasteiger partial charge in [0.2, 0.25) is 0 Å². The Kier molecular flexibility index (Phi) is 5.37. The lowest BCUT2D eigenvalue weighted by atomic mass is 9.96. The monoisotopic (exact) mass is 283 g/mol. The Bertz CT molecular complexity index is 561. The maximum Gasteiger partial charge on any atom is 0.0710 e. The molecule has 3 nitrogen and oxygen atoms in total. The van der Waals surface area contributed by atoms with Gasteiger partial charge in [-0.2, -0.15) is 0 Å². The second-order valence-corrected chi connectivity index (χ2v) is 5.58. The number of nitrogens with zero attached hydrogens (tertiary/aromatic N) is 1. The molecule has 2 rings (SSSR count). The van der Waals surface area contributed by atoms with Crippen LogP contribution in [0.3, 0.4) is 0 Å². The molecule has 0 radical (unpaired) electrons. The van der Waals surface area contributed by atoms with Crippen molar-refractivity contribution in [2.45, 2.75) is 25.8 Å². The van der Waals surface area contributed by atoms with Crippen LogP contribution in [0.1, 0.15) is 36.1 Å². The van der Waals surface area contributed by atoms with Gasteiger partial charge in [0.15, 0.2) is 0 Å². The van der Waals surface area contributed by atoms with Crippen LogP contribution < -0.4 is 16.2 Å². The van der Waals surface area contributed by atoms with Crippen molar-refractivity contribution in [2.75, 3.05) is 19.0 Å². The van der Waals surface area contributed by atoms with E-state index in [1.54, 1.807) is 0 Å². The van der Waals surface area contributed by atoms with Crippen molar-refractivity contribution < 1.29 is 0 Å². The van der Waals surface area contributed by atoms with E-state index in [9.17, 15) is 0 Å². The van der Waals surface area contributed by atoms with Crippen molar-refractivity contribution in [3.8, 4) is 0 Å². The van der Waals surface area contributed by atoms with Crippen LogP contribution in [0, 0.1) is 0 Å². The maximum atomic E-state index is 5.80. The molecule has 1 atom stereocenters. The molecular weight excluding hydrogens is 258 g/mol. The van der Waals surface area contributed by atoms with E-state index in [4.69, 9.17) is 5.84 Å². The molecule has 0 aromatic heterocycles. The third-order valence-electron chi connectivity index (χ3n) is 3.73. The van der Waals surface area contributed by atoms with E-state index in [1.165, 1.54) is 22.4 Å². The third-order valence-corrected chi connectivity index (χ3v) is 3.73. The van der Waals surface area contributed by atoms with E-state index in [0.29, 0.717) is 0 Å². The second kappa shape index (κ2) is 7.25. The molecule has 2 aromatic carbocycles. The average Bonchev–Trinajstić information content (AvgIpc) is 2.49. The molecule has 0 bridgehead atoms. The van der Waals surface area contributed by atoms with Crippen LogP contribution >= 0.6 is 0 Å². The third kappa shape index (κ3) is 3.84. The first-order valence-electron chi connectivity index (χ1n) is 7.48. The molecule has 1 unspecified atom stereocenters. The molecule has 3 N–H and O–H groups in total. The zero-order chi connectivity index (χ0) is 15.2. The summed E-state index contributed by atoms with van der Waals surface area (Å²) in [5, 5.41) is 0. The van der Waals surface area contributed by atoms with Crippen molar-refractivity contribution >= 4 is 5.69 Å². The minimum Gasteiger partial charge on any atom is -0.378 e. The molecule has 0 aliphatic heterocycles. The number of anilines is 1. The highest BCUT2D eigenvalue weighted by atomic mass is 15.2. The largest absolute Gasteiger partial charge is 0.378 e. The van der Waals surface area contributed by atoms with Gasteiger partial charge in [-0.25, -0.2) is 5.43 Å². The number of hydrazine groups is 1. The van der Waals surface area contributed by atoms with Crippen molar-refractivity contribution in [2.24, 2.45) is 5.84 Å². The minimum atomic E-state index is 0.0259. The van der Waals surface area contributed by atoms with E-state index in [-0.39, 0.29) is 6.04 Å². The summed E-state index contributed by atoms with van der Waals surface area (Å²) in [4.78, 5) is 2.09. The van der Waals surface area contributed by atoms with Crippen molar-refractivity contribution in [1.29, 1.82) is 0 Å². The predicted octanol–water partition coefficient (Wildman–Crippen LogP) is 3.26. The molecule has 0 amide bonds. The Morgan fingerprint density at radius 2 is 1.76 bits per heavy atom. The summed E-state index contributed by atoms with van der Waals surface area (Å²) in [5.41, 5.74) is 7.88. The number of nitrogens with one attached hydrogen (secondary N) is 1. The Hall–Kier alpha value is -1.84. The van der Waals surface area contributed by atoms with E-state index in [2.05, 4.69) is 65.8 Å². The molecule has 0 saturated heterocycles. The highest BCUT2D eigenvalue weighted by molar-refractivity contribution is 5.47. The summed E-state index contributed by atoms with van der Waals surface area (Å²) in [6, 6.07) is 17.2. The Labute approximate surface area is 127 Å². The first-order valence-corrected chi connectivity index (χ1v) is 7.48. The first-order chi connectivity index (χ1) is 10.2.